The van der Waals surface area contributed by atoms with E-state index in [2.05, 4.69) is 10.6 Å². The second kappa shape index (κ2) is 7.64. The highest BCUT2D eigenvalue weighted by Gasteiger charge is 2.27. The minimum Gasteiger partial charge on any atom is -0.497 e. The topological polar surface area (TPSA) is 59.6 Å². The lowest BCUT2D eigenvalue weighted by Gasteiger charge is -2.29. The molecule has 2 N–H and O–H groups in total. The average molecular weight is 313 g/mol. The van der Waals surface area contributed by atoms with Crippen molar-refractivity contribution in [2.75, 3.05) is 26.8 Å². The van der Waals surface area contributed by atoms with Gasteiger partial charge in [-0.3, -0.25) is 4.79 Å². The van der Waals surface area contributed by atoms with E-state index < -0.39 is 0 Å². The number of methoxy groups -OCH3 is 1. The number of morpholine rings is 1. The fourth-order valence-corrected chi connectivity index (χ4v) is 2.58. The normalized spacial score (nSPS) is 21.9. The van der Waals surface area contributed by atoms with Crippen LogP contribution >= 0.6 is 11.6 Å². The molecule has 1 fully saturated rings. The van der Waals surface area contributed by atoms with E-state index in [0.29, 0.717) is 31.1 Å². The number of halogens is 1. The van der Waals surface area contributed by atoms with Crippen LogP contribution in [0.15, 0.2) is 18.2 Å². The molecule has 1 aromatic rings. The number of rotatable bonds is 5. The molecule has 2 rings (SSSR count). The molecule has 1 aliphatic rings. The predicted molar refractivity (Wildman–Crippen MR) is 81.9 cm³/mol. The van der Waals surface area contributed by atoms with Gasteiger partial charge in [0.05, 0.1) is 19.8 Å². The van der Waals surface area contributed by atoms with E-state index in [1.807, 2.05) is 19.1 Å². The summed E-state index contributed by atoms with van der Waals surface area (Å²) in [6.45, 7) is 3.78. The molecular weight excluding hydrogens is 292 g/mol. The van der Waals surface area contributed by atoms with Crippen molar-refractivity contribution in [3.63, 3.8) is 0 Å². The summed E-state index contributed by atoms with van der Waals surface area (Å²) < 4.78 is 10.6. The maximum Gasteiger partial charge on any atom is 0.239 e. The molecule has 1 heterocycles. The first-order valence-corrected chi connectivity index (χ1v) is 7.44. The number of nitrogens with one attached hydrogen (secondary N) is 2. The van der Waals surface area contributed by atoms with Crippen LogP contribution in [0.25, 0.3) is 0 Å². The molecule has 5 nitrogen and oxygen atoms in total. The minimum atomic E-state index is -0.287. The van der Waals surface area contributed by atoms with E-state index in [0.717, 1.165) is 11.3 Å². The monoisotopic (exact) mass is 312 g/mol. The second-order valence-corrected chi connectivity index (χ2v) is 5.41. The maximum absolute atomic E-state index is 12.1. The predicted octanol–water partition coefficient (Wildman–Crippen LogP) is 1.38. The molecule has 6 heteroatoms. The number of benzene rings is 1. The Hall–Kier alpha value is -1.30. The first-order valence-electron chi connectivity index (χ1n) is 7.07. The molecule has 1 aromatic carbocycles. The van der Waals surface area contributed by atoms with Gasteiger partial charge in [-0.05, 0) is 31.0 Å². The second-order valence-electron chi connectivity index (χ2n) is 5.01. The van der Waals surface area contributed by atoms with E-state index in [4.69, 9.17) is 21.1 Å². The van der Waals surface area contributed by atoms with E-state index in [1.54, 1.807) is 13.2 Å². The largest absolute Gasteiger partial charge is 0.497 e. The van der Waals surface area contributed by atoms with Crippen LogP contribution in [0.2, 0.25) is 5.02 Å². The molecule has 1 amide bonds. The number of carbonyl (C=O) groups is 1. The van der Waals surface area contributed by atoms with Crippen molar-refractivity contribution in [1.82, 2.24) is 10.6 Å². The molecule has 0 aliphatic carbocycles. The first-order chi connectivity index (χ1) is 10.1. The number of carbonyl (C=O) groups excluding carboxylic acids is 1. The molecule has 0 unspecified atom stereocenters. The zero-order valence-corrected chi connectivity index (χ0v) is 13.1. The standard InChI is InChI=1S/C15H21ClN2O3/c1-10-14(17-7-8-21-10)15(19)18-6-5-11-3-4-12(20-2)9-13(11)16/h3-4,9-10,14,17H,5-8H2,1-2H3,(H,18,19)/t10-,14+/m1/s1. The average Bonchev–Trinajstić information content (AvgIpc) is 2.49. The fourth-order valence-electron chi connectivity index (χ4n) is 2.32. The third-order valence-corrected chi connectivity index (χ3v) is 3.90. The molecule has 0 radical (unpaired) electrons. The zero-order chi connectivity index (χ0) is 15.2. The Morgan fingerprint density at radius 3 is 3.05 bits per heavy atom. The van der Waals surface area contributed by atoms with Crippen molar-refractivity contribution < 1.29 is 14.3 Å². The van der Waals surface area contributed by atoms with Crippen molar-refractivity contribution >= 4 is 17.5 Å². The van der Waals surface area contributed by atoms with Gasteiger partial charge in [0.25, 0.3) is 0 Å². The summed E-state index contributed by atoms with van der Waals surface area (Å²) in [5.74, 6) is 0.692. The molecule has 116 valence electrons. The zero-order valence-electron chi connectivity index (χ0n) is 12.3. The third kappa shape index (κ3) is 4.33. The smallest absolute Gasteiger partial charge is 0.239 e. The van der Waals surface area contributed by atoms with Crippen LogP contribution in [0, 0.1) is 0 Å². The van der Waals surface area contributed by atoms with Gasteiger partial charge < -0.3 is 20.1 Å². The summed E-state index contributed by atoms with van der Waals surface area (Å²) in [4.78, 5) is 12.1. The molecule has 1 aliphatic heterocycles. The first kappa shape index (κ1) is 16.1. The Bertz CT molecular complexity index is 496. The van der Waals surface area contributed by atoms with E-state index in [-0.39, 0.29) is 18.1 Å². The van der Waals surface area contributed by atoms with Gasteiger partial charge in [0.15, 0.2) is 0 Å². The van der Waals surface area contributed by atoms with Crippen LogP contribution in [-0.2, 0) is 16.0 Å². The van der Waals surface area contributed by atoms with Crippen LogP contribution in [0.5, 0.6) is 5.75 Å². The quantitative estimate of drug-likeness (QED) is 0.862. The van der Waals surface area contributed by atoms with Gasteiger partial charge in [-0.2, -0.15) is 0 Å². The van der Waals surface area contributed by atoms with Crippen molar-refractivity contribution in [3.05, 3.63) is 28.8 Å². The Balaban J connectivity index is 1.82. The van der Waals surface area contributed by atoms with Gasteiger partial charge in [0.2, 0.25) is 5.91 Å². The fraction of sp³-hybridized carbons (Fsp3) is 0.533. The van der Waals surface area contributed by atoms with Gasteiger partial charge in [0, 0.05) is 18.1 Å². The molecule has 2 atom stereocenters. The van der Waals surface area contributed by atoms with Crippen LogP contribution in [0.1, 0.15) is 12.5 Å². The molecule has 0 saturated carbocycles. The SMILES string of the molecule is COc1ccc(CCNC(=O)[C@H]2NCCO[C@@H]2C)c(Cl)c1. The highest BCUT2D eigenvalue weighted by atomic mass is 35.5. The van der Waals surface area contributed by atoms with Gasteiger partial charge >= 0.3 is 0 Å². The molecule has 0 bridgehead atoms. The number of ether oxygens (including phenoxy) is 2. The Morgan fingerprint density at radius 1 is 1.57 bits per heavy atom. The third-order valence-electron chi connectivity index (χ3n) is 3.55. The Morgan fingerprint density at radius 2 is 2.38 bits per heavy atom. The molecule has 0 aromatic heterocycles. The summed E-state index contributed by atoms with van der Waals surface area (Å²) in [5, 5.41) is 6.73. The van der Waals surface area contributed by atoms with Crippen molar-refractivity contribution in [1.29, 1.82) is 0 Å². The lowest BCUT2D eigenvalue weighted by molar-refractivity contribution is -0.128. The highest BCUT2D eigenvalue weighted by molar-refractivity contribution is 6.31. The summed E-state index contributed by atoms with van der Waals surface area (Å²) in [5.41, 5.74) is 0.985. The summed E-state index contributed by atoms with van der Waals surface area (Å²) in [6.07, 6.45) is 0.569. The number of hydrogen-bond donors (Lipinski definition) is 2. The van der Waals surface area contributed by atoms with Gasteiger partial charge in [-0.15, -0.1) is 0 Å². The highest BCUT2D eigenvalue weighted by Crippen LogP contribution is 2.22. The van der Waals surface area contributed by atoms with Crippen LogP contribution in [0.4, 0.5) is 0 Å². The lowest BCUT2D eigenvalue weighted by Crippen LogP contribution is -2.55. The number of hydrogen-bond acceptors (Lipinski definition) is 4. The van der Waals surface area contributed by atoms with Crippen molar-refractivity contribution in [2.45, 2.75) is 25.5 Å². The van der Waals surface area contributed by atoms with Crippen LogP contribution in [-0.4, -0.2) is 44.9 Å². The summed E-state index contributed by atoms with van der Waals surface area (Å²) in [6, 6.07) is 5.27. The molecule has 1 saturated heterocycles. The molecular formula is C15H21ClN2O3. The summed E-state index contributed by atoms with van der Waals surface area (Å²) >= 11 is 6.17. The van der Waals surface area contributed by atoms with Crippen molar-refractivity contribution in [2.24, 2.45) is 0 Å². The summed E-state index contributed by atoms with van der Waals surface area (Å²) in [7, 11) is 1.60. The number of amides is 1. The minimum absolute atomic E-state index is 0.0353. The van der Waals surface area contributed by atoms with Crippen LogP contribution < -0.4 is 15.4 Å². The van der Waals surface area contributed by atoms with E-state index >= 15 is 0 Å². The van der Waals surface area contributed by atoms with Gasteiger partial charge in [0.1, 0.15) is 11.8 Å². The maximum atomic E-state index is 12.1. The molecule has 0 spiro atoms. The van der Waals surface area contributed by atoms with Crippen LogP contribution in [0.3, 0.4) is 0 Å². The molecule has 21 heavy (non-hydrogen) atoms. The van der Waals surface area contributed by atoms with Crippen molar-refractivity contribution in [3.8, 4) is 5.75 Å². The van der Waals surface area contributed by atoms with Gasteiger partial charge in [-0.25, -0.2) is 0 Å². The van der Waals surface area contributed by atoms with Gasteiger partial charge in [-0.1, -0.05) is 17.7 Å². The Labute approximate surface area is 130 Å². The Kier molecular flexibility index (Phi) is 5.85. The van der Waals surface area contributed by atoms with E-state index in [1.165, 1.54) is 0 Å². The van der Waals surface area contributed by atoms with E-state index in [9.17, 15) is 4.79 Å². The lowest BCUT2D eigenvalue weighted by atomic mass is 10.1.